The first-order chi connectivity index (χ1) is 11.4. The van der Waals surface area contributed by atoms with Crippen LogP contribution in [0.4, 0.5) is 0 Å². The fourth-order valence-electron chi connectivity index (χ4n) is 7.82. The normalized spacial score (nSPS) is 57.1. The highest BCUT2D eigenvalue weighted by molar-refractivity contribution is 5.11. The van der Waals surface area contributed by atoms with Crippen LogP contribution in [-0.2, 0) is 9.47 Å². The number of rotatable bonds is 2. The number of aliphatic hydroxyl groups excluding tert-OH is 1. The number of hydrogen-bond donors (Lipinski definition) is 1. The van der Waals surface area contributed by atoms with Gasteiger partial charge in [0, 0.05) is 14.2 Å². The van der Waals surface area contributed by atoms with E-state index >= 15 is 0 Å². The molecule has 24 heavy (non-hydrogen) atoms. The van der Waals surface area contributed by atoms with E-state index in [9.17, 15) is 5.11 Å². The van der Waals surface area contributed by atoms with Gasteiger partial charge >= 0.3 is 0 Å². The summed E-state index contributed by atoms with van der Waals surface area (Å²) in [6.45, 7) is 5.03. The highest BCUT2D eigenvalue weighted by Crippen LogP contribution is 2.66. The first-order valence-electron chi connectivity index (χ1n) is 10.2. The molecule has 4 aliphatic carbocycles. The first-order valence-corrected chi connectivity index (χ1v) is 10.2. The monoisotopic (exact) mass is 336 g/mol. The van der Waals surface area contributed by atoms with Crippen LogP contribution in [0.3, 0.4) is 0 Å². The maximum absolute atomic E-state index is 10.5. The van der Waals surface area contributed by atoms with Gasteiger partial charge in [0.2, 0.25) is 0 Å². The molecule has 0 aliphatic heterocycles. The molecule has 3 heteroatoms. The van der Waals surface area contributed by atoms with E-state index in [4.69, 9.17) is 9.47 Å². The Kier molecular flexibility index (Phi) is 4.29. The smallest absolute Gasteiger partial charge is 0.0835 e. The van der Waals surface area contributed by atoms with E-state index in [1.165, 1.54) is 38.5 Å². The average Bonchev–Trinajstić information content (AvgIpc) is 2.95. The Morgan fingerprint density at radius 2 is 1.71 bits per heavy atom. The van der Waals surface area contributed by atoms with E-state index < -0.39 is 0 Å². The molecule has 0 aromatic rings. The molecule has 4 aliphatic rings. The van der Waals surface area contributed by atoms with Crippen LogP contribution in [0.25, 0.3) is 0 Å². The highest BCUT2D eigenvalue weighted by atomic mass is 16.5. The highest BCUT2D eigenvalue weighted by Gasteiger charge is 2.62. The molecule has 0 spiro atoms. The third kappa shape index (κ3) is 2.34. The molecule has 9 atom stereocenters. The summed E-state index contributed by atoms with van der Waals surface area (Å²) in [6, 6.07) is 0. The lowest BCUT2D eigenvalue weighted by molar-refractivity contribution is -0.201. The molecular weight excluding hydrogens is 300 g/mol. The molecule has 4 rings (SSSR count). The fraction of sp³-hybridized carbons (Fsp3) is 1.00. The molecule has 138 valence electrons. The molecule has 0 saturated heterocycles. The number of methoxy groups -OCH3 is 2. The summed E-state index contributed by atoms with van der Waals surface area (Å²) in [5.41, 5.74) is 0.757. The molecule has 1 N–H and O–H groups in total. The van der Waals surface area contributed by atoms with Gasteiger partial charge in [0.25, 0.3) is 0 Å². The van der Waals surface area contributed by atoms with E-state index in [-0.39, 0.29) is 17.6 Å². The van der Waals surface area contributed by atoms with Gasteiger partial charge < -0.3 is 14.6 Å². The molecule has 3 nitrogen and oxygen atoms in total. The van der Waals surface area contributed by atoms with Crippen LogP contribution >= 0.6 is 0 Å². The first kappa shape index (κ1) is 17.3. The Labute approximate surface area is 147 Å². The number of fused-ring (bicyclic) bond motifs is 5. The van der Waals surface area contributed by atoms with Gasteiger partial charge in [-0.15, -0.1) is 0 Å². The quantitative estimate of drug-likeness (QED) is 0.827. The summed E-state index contributed by atoms with van der Waals surface area (Å²) in [5, 5.41) is 10.5. The van der Waals surface area contributed by atoms with Gasteiger partial charge in [0.05, 0.1) is 18.3 Å². The molecule has 0 bridgehead atoms. The maximum atomic E-state index is 10.5. The summed E-state index contributed by atoms with van der Waals surface area (Å²) >= 11 is 0. The lowest BCUT2D eigenvalue weighted by Crippen LogP contribution is -2.60. The van der Waals surface area contributed by atoms with Gasteiger partial charge in [-0.25, -0.2) is 0 Å². The van der Waals surface area contributed by atoms with Crippen LogP contribution in [0.5, 0.6) is 0 Å². The van der Waals surface area contributed by atoms with Crippen LogP contribution in [0, 0.1) is 34.5 Å². The second-order valence-electron chi connectivity index (χ2n) is 9.88. The SMILES string of the molecule is CO[C@H]1C[C@]2(C)CCC[C@H]2C2CC[C@H]3C[C@H](O)[C@@H](OC)C[C@]3(C)[C@H]21. The predicted octanol–water partition coefficient (Wildman–Crippen LogP) is 4.03. The summed E-state index contributed by atoms with van der Waals surface area (Å²) < 4.78 is 11.8. The Hall–Kier alpha value is -0.120. The van der Waals surface area contributed by atoms with Crippen molar-refractivity contribution < 1.29 is 14.6 Å². The lowest BCUT2D eigenvalue weighted by atomic mass is 9.44. The minimum atomic E-state index is -0.286. The van der Waals surface area contributed by atoms with Crippen molar-refractivity contribution in [1.29, 1.82) is 0 Å². The largest absolute Gasteiger partial charge is 0.390 e. The Morgan fingerprint density at radius 3 is 2.42 bits per heavy atom. The Bertz CT molecular complexity index is 480. The van der Waals surface area contributed by atoms with Crippen molar-refractivity contribution in [3.05, 3.63) is 0 Å². The third-order valence-corrected chi connectivity index (χ3v) is 8.95. The zero-order chi connectivity index (χ0) is 17.1. The second-order valence-corrected chi connectivity index (χ2v) is 9.88. The molecule has 0 radical (unpaired) electrons. The van der Waals surface area contributed by atoms with Crippen molar-refractivity contribution in [1.82, 2.24) is 0 Å². The minimum Gasteiger partial charge on any atom is -0.390 e. The van der Waals surface area contributed by atoms with Gasteiger partial charge in [0.15, 0.2) is 0 Å². The number of aliphatic hydroxyl groups is 1. The van der Waals surface area contributed by atoms with E-state index in [2.05, 4.69) is 13.8 Å². The van der Waals surface area contributed by atoms with Crippen molar-refractivity contribution in [3.8, 4) is 0 Å². The maximum Gasteiger partial charge on any atom is 0.0835 e. The van der Waals surface area contributed by atoms with E-state index in [0.29, 0.717) is 23.4 Å². The second kappa shape index (κ2) is 5.96. The Morgan fingerprint density at radius 1 is 0.958 bits per heavy atom. The van der Waals surface area contributed by atoms with Crippen LogP contribution in [0.15, 0.2) is 0 Å². The van der Waals surface area contributed by atoms with Crippen molar-refractivity contribution in [2.45, 2.75) is 83.5 Å². The molecule has 0 aromatic heterocycles. The van der Waals surface area contributed by atoms with Gasteiger partial charge in [-0.1, -0.05) is 20.3 Å². The molecular formula is C21H36O3. The third-order valence-electron chi connectivity index (χ3n) is 8.95. The van der Waals surface area contributed by atoms with E-state index in [1.807, 2.05) is 7.11 Å². The van der Waals surface area contributed by atoms with Crippen molar-refractivity contribution >= 4 is 0 Å². The molecule has 0 heterocycles. The molecule has 1 unspecified atom stereocenters. The van der Waals surface area contributed by atoms with Gasteiger partial charge in [-0.05, 0) is 79.4 Å². The van der Waals surface area contributed by atoms with Crippen molar-refractivity contribution in [3.63, 3.8) is 0 Å². The standard InChI is InChI=1S/C21H36O3/c1-20-9-5-6-15(20)14-8-7-13-10-16(22)17(23-3)12-21(13,2)19(14)18(11-20)24-4/h13-19,22H,5-12H2,1-4H3/t13-,14?,15-,16-,17-,18-,19+,20-,21-/m0/s1. The zero-order valence-electron chi connectivity index (χ0n) is 16.0. The summed E-state index contributed by atoms with van der Waals surface area (Å²) in [6.07, 6.45) is 10.1. The summed E-state index contributed by atoms with van der Waals surface area (Å²) in [7, 11) is 3.69. The topological polar surface area (TPSA) is 38.7 Å². The number of ether oxygens (including phenoxy) is 2. The number of hydrogen-bond acceptors (Lipinski definition) is 3. The molecule has 4 fully saturated rings. The van der Waals surface area contributed by atoms with Crippen LogP contribution < -0.4 is 0 Å². The average molecular weight is 337 g/mol. The van der Waals surface area contributed by atoms with Crippen molar-refractivity contribution in [2.75, 3.05) is 14.2 Å². The minimum absolute atomic E-state index is 0.000561. The zero-order valence-corrected chi connectivity index (χ0v) is 16.0. The van der Waals surface area contributed by atoms with E-state index in [0.717, 1.165) is 24.7 Å². The fourth-order valence-corrected chi connectivity index (χ4v) is 7.82. The van der Waals surface area contributed by atoms with Crippen LogP contribution in [0.1, 0.15) is 65.2 Å². The van der Waals surface area contributed by atoms with Crippen LogP contribution in [-0.4, -0.2) is 37.6 Å². The Balaban J connectivity index is 1.69. The van der Waals surface area contributed by atoms with Gasteiger partial charge in [0.1, 0.15) is 0 Å². The van der Waals surface area contributed by atoms with Crippen LogP contribution in [0.2, 0.25) is 0 Å². The molecule has 0 aromatic carbocycles. The summed E-state index contributed by atoms with van der Waals surface area (Å²) in [4.78, 5) is 0. The summed E-state index contributed by atoms with van der Waals surface area (Å²) in [5.74, 6) is 2.97. The molecule has 0 amide bonds. The molecule has 4 saturated carbocycles. The van der Waals surface area contributed by atoms with E-state index in [1.54, 1.807) is 7.11 Å². The van der Waals surface area contributed by atoms with Gasteiger partial charge in [-0.2, -0.15) is 0 Å². The van der Waals surface area contributed by atoms with Crippen molar-refractivity contribution in [2.24, 2.45) is 34.5 Å². The lowest BCUT2D eigenvalue weighted by Gasteiger charge is -2.63. The van der Waals surface area contributed by atoms with Gasteiger partial charge in [-0.3, -0.25) is 0 Å². The predicted molar refractivity (Wildman–Crippen MR) is 94.7 cm³/mol.